The van der Waals surface area contributed by atoms with Gasteiger partial charge in [-0.1, -0.05) is 59.3 Å². The Morgan fingerprint density at radius 3 is 2.60 bits per heavy atom. The number of thioether (sulfide) groups is 1. The van der Waals surface area contributed by atoms with Gasteiger partial charge < -0.3 is 5.32 Å². The maximum absolute atomic E-state index is 12.2. The molecule has 2 aromatic carbocycles. The first-order valence-corrected chi connectivity index (χ1v) is 11.6. The van der Waals surface area contributed by atoms with E-state index in [1.165, 1.54) is 16.7 Å². The fraction of sp³-hybridized carbons (Fsp3) is 0.348. The first kappa shape index (κ1) is 22.4. The van der Waals surface area contributed by atoms with Crippen molar-refractivity contribution in [1.82, 2.24) is 20.1 Å². The third kappa shape index (κ3) is 5.86. The number of amides is 1. The van der Waals surface area contributed by atoms with Crippen LogP contribution in [0.2, 0.25) is 0 Å². The highest BCUT2D eigenvalue weighted by molar-refractivity contribution is 7.98. The highest BCUT2D eigenvalue weighted by Crippen LogP contribution is 2.28. The van der Waals surface area contributed by atoms with Crippen LogP contribution in [0.15, 0.2) is 53.7 Å². The molecule has 0 saturated heterocycles. The molecule has 7 heteroatoms. The monoisotopic (exact) mass is 442 g/mol. The van der Waals surface area contributed by atoms with Crippen molar-refractivity contribution in [3.05, 3.63) is 71.0 Å². The number of aromatic nitrogens is 3. The molecule has 158 valence electrons. The topological polar surface area (TPSA) is 59.8 Å². The molecule has 1 heterocycles. The quantitative estimate of drug-likeness (QED) is 0.357. The molecule has 1 amide bonds. The van der Waals surface area contributed by atoms with Crippen LogP contribution < -0.4 is 5.32 Å². The van der Waals surface area contributed by atoms with Crippen LogP contribution in [0.1, 0.15) is 48.3 Å². The molecule has 5 nitrogen and oxygen atoms in total. The van der Waals surface area contributed by atoms with Crippen molar-refractivity contribution >= 4 is 29.3 Å². The number of halogens is 1. The lowest BCUT2D eigenvalue weighted by Crippen LogP contribution is -2.28. The third-order valence-corrected chi connectivity index (χ3v) is 5.97. The SMILES string of the molecule is Cc1ccc(-n2c(SCc3cccc(C)c3)nnc2C(C)NC(=O)CCCCl)cc1. The first-order valence-electron chi connectivity index (χ1n) is 10.0. The van der Waals surface area contributed by atoms with Gasteiger partial charge in [-0.2, -0.15) is 0 Å². The zero-order chi connectivity index (χ0) is 21.5. The Hall–Kier alpha value is -2.31. The van der Waals surface area contributed by atoms with Gasteiger partial charge in [-0.3, -0.25) is 9.36 Å². The number of hydrogen-bond donors (Lipinski definition) is 1. The number of carbonyl (C=O) groups excluding carboxylic acids is 1. The minimum atomic E-state index is -0.269. The number of nitrogens with one attached hydrogen (secondary N) is 1. The van der Waals surface area contributed by atoms with Crippen molar-refractivity contribution in [2.45, 2.75) is 50.6 Å². The molecule has 0 saturated carbocycles. The van der Waals surface area contributed by atoms with Crippen LogP contribution in [-0.4, -0.2) is 26.6 Å². The van der Waals surface area contributed by atoms with Gasteiger partial charge in [0, 0.05) is 23.7 Å². The van der Waals surface area contributed by atoms with Gasteiger partial charge in [0.25, 0.3) is 0 Å². The van der Waals surface area contributed by atoms with Gasteiger partial charge in [-0.15, -0.1) is 21.8 Å². The average Bonchev–Trinajstić information content (AvgIpc) is 3.15. The van der Waals surface area contributed by atoms with Gasteiger partial charge in [0.1, 0.15) is 0 Å². The number of alkyl halides is 1. The predicted molar refractivity (Wildman–Crippen MR) is 123 cm³/mol. The molecule has 1 N–H and O–H groups in total. The zero-order valence-corrected chi connectivity index (χ0v) is 19.1. The van der Waals surface area contributed by atoms with Crippen LogP contribution in [0.3, 0.4) is 0 Å². The molecule has 1 unspecified atom stereocenters. The van der Waals surface area contributed by atoms with E-state index in [9.17, 15) is 4.79 Å². The summed E-state index contributed by atoms with van der Waals surface area (Å²) in [7, 11) is 0. The molecule has 0 aliphatic carbocycles. The van der Waals surface area contributed by atoms with Gasteiger partial charge in [0.05, 0.1) is 6.04 Å². The Labute approximate surface area is 187 Å². The fourth-order valence-electron chi connectivity index (χ4n) is 3.15. The molecule has 30 heavy (non-hydrogen) atoms. The summed E-state index contributed by atoms with van der Waals surface area (Å²) in [6.07, 6.45) is 1.06. The second-order valence-electron chi connectivity index (χ2n) is 7.37. The number of aryl methyl sites for hydroxylation is 2. The van der Waals surface area contributed by atoms with Crippen LogP contribution in [0, 0.1) is 13.8 Å². The Morgan fingerprint density at radius 2 is 1.90 bits per heavy atom. The summed E-state index contributed by atoms with van der Waals surface area (Å²) >= 11 is 7.34. The Morgan fingerprint density at radius 1 is 1.13 bits per heavy atom. The number of hydrogen-bond acceptors (Lipinski definition) is 4. The van der Waals surface area contributed by atoms with Crippen molar-refractivity contribution < 1.29 is 4.79 Å². The van der Waals surface area contributed by atoms with Crippen molar-refractivity contribution in [3.63, 3.8) is 0 Å². The van der Waals surface area contributed by atoms with E-state index in [2.05, 4.69) is 77.9 Å². The normalized spacial score (nSPS) is 12.0. The van der Waals surface area contributed by atoms with Crippen LogP contribution in [0.5, 0.6) is 0 Å². The lowest BCUT2D eigenvalue weighted by molar-refractivity contribution is -0.121. The molecule has 0 aliphatic rings. The Bertz CT molecular complexity index is 987. The standard InChI is InChI=1S/C23H27ClN4OS/c1-16-9-11-20(12-10-16)28-22(18(3)25-21(29)8-5-13-24)26-27-23(28)30-15-19-7-4-6-17(2)14-19/h4,6-7,9-12,14,18H,5,8,13,15H2,1-3H3,(H,25,29). The molecule has 0 aliphatic heterocycles. The molecule has 0 spiro atoms. The molecular formula is C23H27ClN4OS. The van der Waals surface area contributed by atoms with E-state index in [0.717, 1.165) is 16.6 Å². The minimum Gasteiger partial charge on any atom is -0.346 e. The molecule has 1 aromatic heterocycles. The predicted octanol–water partition coefficient (Wildman–Crippen LogP) is 5.37. The first-order chi connectivity index (χ1) is 14.5. The van der Waals surface area contributed by atoms with Crippen molar-refractivity contribution in [2.24, 2.45) is 0 Å². The lowest BCUT2D eigenvalue weighted by atomic mass is 10.2. The highest BCUT2D eigenvalue weighted by Gasteiger charge is 2.21. The highest BCUT2D eigenvalue weighted by atomic mass is 35.5. The third-order valence-electron chi connectivity index (χ3n) is 4.70. The van der Waals surface area contributed by atoms with Gasteiger partial charge in [-0.25, -0.2) is 0 Å². The summed E-state index contributed by atoms with van der Waals surface area (Å²) in [4.78, 5) is 12.2. The Balaban J connectivity index is 1.87. The van der Waals surface area contributed by atoms with Crippen molar-refractivity contribution in [3.8, 4) is 5.69 Å². The van der Waals surface area contributed by atoms with Gasteiger partial charge in [-0.05, 0) is 44.9 Å². The van der Waals surface area contributed by atoms with Gasteiger partial charge in [0.2, 0.25) is 5.91 Å². The van der Waals surface area contributed by atoms with Crippen LogP contribution >= 0.6 is 23.4 Å². The van der Waals surface area contributed by atoms with Crippen LogP contribution in [0.25, 0.3) is 5.69 Å². The summed E-state index contributed by atoms with van der Waals surface area (Å²) in [5, 5.41) is 12.7. The van der Waals surface area contributed by atoms with E-state index < -0.39 is 0 Å². The molecule has 0 radical (unpaired) electrons. The molecule has 0 bridgehead atoms. The van der Waals surface area contributed by atoms with E-state index in [0.29, 0.717) is 24.5 Å². The summed E-state index contributed by atoms with van der Waals surface area (Å²) in [6, 6.07) is 16.4. The summed E-state index contributed by atoms with van der Waals surface area (Å²) in [5.41, 5.74) is 4.64. The largest absolute Gasteiger partial charge is 0.346 e. The van der Waals surface area contributed by atoms with E-state index in [4.69, 9.17) is 11.6 Å². The van der Waals surface area contributed by atoms with Crippen molar-refractivity contribution in [1.29, 1.82) is 0 Å². The second-order valence-corrected chi connectivity index (χ2v) is 8.69. The maximum Gasteiger partial charge on any atom is 0.220 e. The summed E-state index contributed by atoms with van der Waals surface area (Å²) in [6.45, 7) is 6.09. The minimum absolute atomic E-state index is 0.0319. The van der Waals surface area contributed by atoms with E-state index in [-0.39, 0.29) is 11.9 Å². The number of rotatable bonds is 9. The smallest absolute Gasteiger partial charge is 0.220 e. The van der Waals surface area contributed by atoms with E-state index in [1.807, 2.05) is 11.5 Å². The molecule has 3 rings (SSSR count). The van der Waals surface area contributed by atoms with Crippen LogP contribution in [0.4, 0.5) is 0 Å². The molecule has 3 aromatic rings. The van der Waals surface area contributed by atoms with Gasteiger partial charge >= 0.3 is 0 Å². The van der Waals surface area contributed by atoms with E-state index >= 15 is 0 Å². The molecule has 1 atom stereocenters. The number of benzene rings is 2. The Kier molecular flexibility index (Phi) is 7.94. The molecular weight excluding hydrogens is 416 g/mol. The average molecular weight is 443 g/mol. The zero-order valence-electron chi connectivity index (χ0n) is 17.6. The summed E-state index contributed by atoms with van der Waals surface area (Å²) in [5.74, 6) is 1.95. The van der Waals surface area contributed by atoms with Crippen LogP contribution in [-0.2, 0) is 10.5 Å². The van der Waals surface area contributed by atoms with E-state index in [1.54, 1.807) is 11.8 Å². The second kappa shape index (κ2) is 10.6. The summed E-state index contributed by atoms with van der Waals surface area (Å²) < 4.78 is 2.03. The lowest BCUT2D eigenvalue weighted by Gasteiger charge is -2.16. The maximum atomic E-state index is 12.2. The van der Waals surface area contributed by atoms with Gasteiger partial charge in [0.15, 0.2) is 11.0 Å². The number of nitrogens with zero attached hydrogens (tertiary/aromatic N) is 3. The fourth-order valence-corrected chi connectivity index (χ4v) is 4.18. The molecule has 0 fully saturated rings. The van der Waals surface area contributed by atoms with Crippen molar-refractivity contribution in [2.75, 3.05) is 5.88 Å². The number of carbonyl (C=O) groups is 1.